The number of fused-ring (bicyclic) bond motifs is 1. The second-order valence-electron chi connectivity index (χ2n) is 8.85. The molecule has 1 saturated heterocycles. The van der Waals surface area contributed by atoms with Gasteiger partial charge in [-0.15, -0.1) is 0 Å². The number of Topliss-reactive ketones (excluding diaryl/α,β-unsaturated/α-hetero) is 1. The number of rotatable bonds is 4. The highest BCUT2D eigenvalue weighted by Gasteiger charge is 2.47. The predicted molar refractivity (Wildman–Crippen MR) is 134 cm³/mol. The van der Waals surface area contributed by atoms with E-state index in [1.807, 2.05) is 62.3 Å². The van der Waals surface area contributed by atoms with Crippen molar-refractivity contribution in [3.05, 3.63) is 89.0 Å². The lowest BCUT2D eigenvalue weighted by molar-refractivity contribution is -0.132. The van der Waals surface area contributed by atoms with Crippen molar-refractivity contribution in [1.82, 2.24) is 0 Å². The number of carbonyl (C=O) groups is 2. The van der Waals surface area contributed by atoms with Gasteiger partial charge in [0.05, 0.1) is 11.6 Å². The molecule has 0 bridgehead atoms. The van der Waals surface area contributed by atoms with Crippen LogP contribution in [-0.2, 0) is 9.59 Å². The van der Waals surface area contributed by atoms with Gasteiger partial charge < -0.3 is 19.5 Å². The van der Waals surface area contributed by atoms with Crippen LogP contribution in [0.25, 0.3) is 5.76 Å². The van der Waals surface area contributed by atoms with Gasteiger partial charge in [-0.3, -0.25) is 14.5 Å². The largest absolute Gasteiger partial charge is 0.507 e. The van der Waals surface area contributed by atoms with Gasteiger partial charge in [-0.05, 0) is 36.8 Å². The molecule has 1 atom stereocenters. The molecule has 1 unspecified atom stereocenters. The molecule has 0 aromatic heterocycles. The molecule has 7 nitrogen and oxygen atoms in total. The molecular weight excluding hydrogens is 444 g/mol. The molecule has 1 fully saturated rings. The molecule has 0 aliphatic carbocycles. The van der Waals surface area contributed by atoms with Crippen LogP contribution in [0.5, 0.6) is 11.5 Å². The zero-order valence-corrected chi connectivity index (χ0v) is 19.8. The Morgan fingerprint density at radius 2 is 1.57 bits per heavy atom. The number of carbonyl (C=O) groups excluding carboxylic acids is 2. The van der Waals surface area contributed by atoms with E-state index in [1.54, 1.807) is 30.3 Å². The second kappa shape index (κ2) is 8.83. The summed E-state index contributed by atoms with van der Waals surface area (Å²) in [5.74, 6) is -0.555. The summed E-state index contributed by atoms with van der Waals surface area (Å²) < 4.78 is 11.3. The van der Waals surface area contributed by atoms with E-state index in [0.717, 1.165) is 11.3 Å². The van der Waals surface area contributed by atoms with E-state index in [-0.39, 0.29) is 11.3 Å². The molecule has 35 heavy (non-hydrogen) atoms. The van der Waals surface area contributed by atoms with Crippen LogP contribution < -0.4 is 19.3 Å². The Morgan fingerprint density at radius 3 is 2.23 bits per heavy atom. The number of ketones is 1. The minimum atomic E-state index is -0.810. The zero-order valence-electron chi connectivity index (χ0n) is 19.8. The van der Waals surface area contributed by atoms with Crippen molar-refractivity contribution in [1.29, 1.82) is 0 Å². The lowest BCUT2D eigenvalue weighted by Gasteiger charge is -2.27. The number of aryl methyl sites for hydroxylation is 1. The molecule has 5 rings (SSSR count). The van der Waals surface area contributed by atoms with Crippen LogP contribution in [0.2, 0.25) is 0 Å². The van der Waals surface area contributed by atoms with E-state index in [9.17, 15) is 14.7 Å². The number of hydrogen-bond acceptors (Lipinski definition) is 6. The second-order valence-corrected chi connectivity index (χ2v) is 8.85. The molecule has 7 heteroatoms. The van der Waals surface area contributed by atoms with Gasteiger partial charge >= 0.3 is 0 Å². The Kier molecular flexibility index (Phi) is 5.68. The minimum absolute atomic E-state index is 0.0475. The van der Waals surface area contributed by atoms with Gasteiger partial charge in [0.25, 0.3) is 11.7 Å². The quantitative estimate of drug-likeness (QED) is 0.345. The monoisotopic (exact) mass is 470 g/mol. The van der Waals surface area contributed by atoms with E-state index >= 15 is 0 Å². The lowest BCUT2D eigenvalue weighted by atomic mass is 9.94. The van der Waals surface area contributed by atoms with Crippen LogP contribution in [0, 0.1) is 6.92 Å². The number of nitrogens with zero attached hydrogens (tertiary/aromatic N) is 2. The average molecular weight is 471 g/mol. The van der Waals surface area contributed by atoms with Gasteiger partial charge in [-0.25, -0.2) is 0 Å². The Labute approximate surface area is 203 Å². The summed E-state index contributed by atoms with van der Waals surface area (Å²) in [5.41, 5.74) is 3.72. The zero-order chi connectivity index (χ0) is 24.7. The first-order valence-electron chi connectivity index (χ1n) is 11.4. The molecule has 0 spiro atoms. The van der Waals surface area contributed by atoms with Crippen molar-refractivity contribution < 1.29 is 24.2 Å². The Bertz CT molecular complexity index is 1330. The van der Waals surface area contributed by atoms with Crippen molar-refractivity contribution in [2.45, 2.75) is 13.0 Å². The van der Waals surface area contributed by atoms with Crippen LogP contribution in [0.15, 0.2) is 72.3 Å². The normalized spacial score (nSPS) is 18.6. The Hall–Kier alpha value is -4.26. The fourth-order valence-corrected chi connectivity index (χ4v) is 4.42. The number of amides is 1. The third-order valence-electron chi connectivity index (χ3n) is 6.30. The van der Waals surface area contributed by atoms with Crippen molar-refractivity contribution in [2.24, 2.45) is 0 Å². The highest BCUT2D eigenvalue weighted by molar-refractivity contribution is 6.51. The standard InChI is InChI=1S/C28H26N2O5/c1-17-4-6-19(7-5-17)26(31)24-25(18-8-10-20(11-9-18)29(2)3)30(28(33)27(24)32)21-12-13-22-23(16-21)35-15-14-34-22/h4-13,16,25,31H,14-15H2,1-3H3/b26-24+. The van der Waals surface area contributed by atoms with Gasteiger partial charge in [0.1, 0.15) is 19.0 Å². The summed E-state index contributed by atoms with van der Waals surface area (Å²) in [6.07, 6.45) is 0. The van der Waals surface area contributed by atoms with Gasteiger partial charge in [-0.1, -0.05) is 42.0 Å². The first-order valence-corrected chi connectivity index (χ1v) is 11.4. The van der Waals surface area contributed by atoms with Gasteiger partial charge in [0.2, 0.25) is 0 Å². The number of anilines is 2. The average Bonchev–Trinajstić information content (AvgIpc) is 3.14. The van der Waals surface area contributed by atoms with Crippen LogP contribution >= 0.6 is 0 Å². The van der Waals surface area contributed by atoms with Crippen molar-refractivity contribution in [3.8, 4) is 11.5 Å². The predicted octanol–water partition coefficient (Wildman–Crippen LogP) is 4.46. The van der Waals surface area contributed by atoms with Gasteiger partial charge in [0.15, 0.2) is 11.5 Å². The summed E-state index contributed by atoms with van der Waals surface area (Å²) in [6.45, 7) is 2.79. The lowest BCUT2D eigenvalue weighted by Crippen LogP contribution is -2.29. The molecular formula is C28H26N2O5. The van der Waals surface area contributed by atoms with E-state index in [2.05, 4.69) is 0 Å². The fraction of sp³-hybridized carbons (Fsp3) is 0.214. The third-order valence-corrected chi connectivity index (χ3v) is 6.30. The fourth-order valence-electron chi connectivity index (χ4n) is 4.42. The SMILES string of the molecule is Cc1ccc(/C(O)=C2\C(=O)C(=O)N(c3ccc4c(c3)OCCO4)C2c2ccc(N(C)C)cc2)cc1. The van der Waals surface area contributed by atoms with Crippen LogP contribution in [0.1, 0.15) is 22.7 Å². The maximum atomic E-state index is 13.4. The summed E-state index contributed by atoms with van der Waals surface area (Å²) in [7, 11) is 3.88. The summed E-state index contributed by atoms with van der Waals surface area (Å²) in [4.78, 5) is 30.1. The number of benzene rings is 3. The maximum absolute atomic E-state index is 13.4. The molecule has 1 N–H and O–H groups in total. The molecule has 3 aromatic rings. The minimum Gasteiger partial charge on any atom is -0.507 e. The number of aliphatic hydroxyl groups is 1. The van der Waals surface area contributed by atoms with Crippen LogP contribution in [-0.4, -0.2) is 44.1 Å². The van der Waals surface area contributed by atoms with Crippen molar-refractivity contribution in [3.63, 3.8) is 0 Å². The first kappa shape index (κ1) is 22.5. The highest BCUT2D eigenvalue weighted by Crippen LogP contribution is 2.44. The molecule has 178 valence electrons. The molecule has 0 radical (unpaired) electrons. The molecule has 3 aromatic carbocycles. The third kappa shape index (κ3) is 3.99. The van der Waals surface area contributed by atoms with E-state index in [1.165, 1.54) is 4.90 Å². The topological polar surface area (TPSA) is 79.3 Å². The summed E-state index contributed by atoms with van der Waals surface area (Å²) >= 11 is 0. The Balaban J connectivity index is 1.68. The van der Waals surface area contributed by atoms with Crippen molar-refractivity contribution in [2.75, 3.05) is 37.1 Å². The van der Waals surface area contributed by atoms with Gasteiger partial charge in [0, 0.05) is 37.1 Å². The highest BCUT2D eigenvalue weighted by atomic mass is 16.6. The molecule has 1 amide bonds. The van der Waals surface area contributed by atoms with E-state index in [4.69, 9.17) is 9.47 Å². The smallest absolute Gasteiger partial charge is 0.300 e. The summed E-state index contributed by atoms with van der Waals surface area (Å²) in [6, 6.07) is 19.1. The molecule has 2 aliphatic heterocycles. The summed E-state index contributed by atoms with van der Waals surface area (Å²) in [5, 5.41) is 11.3. The van der Waals surface area contributed by atoms with E-state index < -0.39 is 17.7 Å². The number of aliphatic hydroxyl groups excluding tert-OH is 1. The molecule has 2 heterocycles. The molecule has 2 aliphatic rings. The van der Waals surface area contributed by atoms with Crippen molar-refractivity contribution >= 4 is 28.8 Å². The first-order chi connectivity index (χ1) is 16.8. The Morgan fingerprint density at radius 1 is 0.914 bits per heavy atom. The van der Waals surface area contributed by atoms with Crippen LogP contribution in [0.3, 0.4) is 0 Å². The van der Waals surface area contributed by atoms with Gasteiger partial charge in [-0.2, -0.15) is 0 Å². The number of ether oxygens (including phenoxy) is 2. The number of hydrogen-bond donors (Lipinski definition) is 1. The molecule has 0 saturated carbocycles. The van der Waals surface area contributed by atoms with E-state index in [0.29, 0.717) is 41.5 Å². The van der Waals surface area contributed by atoms with Crippen LogP contribution in [0.4, 0.5) is 11.4 Å². The maximum Gasteiger partial charge on any atom is 0.300 e.